The van der Waals surface area contributed by atoms with Crippen LogP contribution in [0.4, 0.5) is 5.13 Å². The van der Waals surface area contributed by atoms with Gasteiger partial charge in [-0.3, -0.25) is 9.89 Å². The van der Waals surface area contributed by atoms with Crippen molar-refractivity contribution in [1.82, 2.24) is 20.1 Å². The molecule has 0 aliphatic carbocycles. The number of anilines is 1. The second kappa shape index (κ2) is 6.83. The van der Waals surface area contributed by atoms with Gasteiger partial charge in [-0.2, -0.15) is 5.10 Å². The zero-order valence-corrected chi connectivity index (χ0v) is 15.9. The van der Waals surface area contributed by atoms with Gasteiger partial charge in [-0.25, -0.2) is 4.98 Å². The van der Waals surface area contributed by atoms with Gasteiger partial charge < -0.3 is 20.1 Å². The number of aromatic nitrogens is 3. The maximum absolute atomic E-state index is 12.7. The molecule has 5 rings (SSSR count). The van der Waals surface area contributed by atoms with Crippen molar-refractivity contribution in [2.45, 2.75) is 25.8 Å². The molecule has 3 N–H and O–H groups in total. The number of benzene rings is 1. The third kappa shape index (κ3) is 3.07. The average Bonchev–Trinajstić information content (AvgIpc) is 3.44. The van der Waals surface area contributed by atoms with Gasteiger partial charge in [-0.15, -0.1) is 11.3 Å². The van der Waals surface area contributed by atoms with Crippen LogP contribution < -0.4 is 15.2 Å². The summed E-state index contributed by atoms with van der Waals surface area (Å²) >= 11 is 1.40. The molecule has 0 radical (unpaired) electrons. The molecule has 2 aliphatic rings. The summed E-state index contributed by atoms with van der Waals surface area (Å²) in [5.41, 5.74) is 10.5. The zero-order valence-electron chi connectivity index (χ0n) is 15.1. The molecule has 144 valence electrons. The van der Waals surface area contributed by atoms with Crippen LogP contribution in [-0.2, 0) is 24.2 Å². The van der Waals surface area contributed by atoms with E-state index in [0.717, 1.165) is 46.1 Å². The maximum Gasteiger partial charge on any atom is 0.231 e. The van der Waals surface area contributed by atoms with Crippen LogP contribution in [0, 0.1) is 0 Å². The van der Waals surface area contributed by atoms with Crippen molar-refractivity contribution in [2.24, 2.45) is 0 Å². The third-order valence-electron chi connectivity index (χ3n) is 5.10. The standard InChI is InChI=1S/C19H19N5O3S/c20-19-21-12(9-28-19)2-4-17(25)24-6-5-14-13(8-24)18(23-22-14)11-1-3-15-16(7-11)27-10-26-15/h1,3,7,9H,2,4-6,8,10H2,(H2,20,21)(H,22,23). The number of rotatable bonds is 4. The Kier molecular flexibility index (Phi) is 4.16. The Balaban J connectivity index is 1.32. The molecule has 1 aromatic carbocycles. The molecule has 0 bridgehead atoms. The largest absolute Gasteiger partial charge is 0.454 e. The third-order valence-corrected chi connectivity index (χ3v) is 5.82. The van der Waals surface area contributed by atoms with Crippen molar-refractivity contribution in [3.63, 3.8) is 0 Å². The second-order valence-electron chi connectivity index (χ2n) is 6.84. The predicted molar refractivity (Wildman–Crippen MR) is 104 cm³/mol. The van der Waals surface area contributed by atoms with Crippen LogP contribution in [0.1, 0.15) is 23.4 Å². The van der Waals surface area contributed by atoms with Crippen molar-refractivity contribution in [2.75, 3.05) is 19.1 Å². The number of thiazole rings is 1. The Morgan fingerprint density at radius 3 is 3.07 bits per heavy atom. The van der Waals surface area contributed by atoms with E-state index < -0.39 is 0 Å². The Bertz CT molecular complexity index is 1040. The van der Waals surface area contributed by atoms with Crippen LogP contribution in [0.2, 0.25) is 0 Å². The summed E-state index contributed by atoms with van der Waals surface area (Å²) in [6.45, 7) is 1.48. The Hall–Kier alpha value is -3.07. The number of nitrogens with two attached hydrogens (primary N) is 1. The SMILES string of the molecule is Nc1nc(CCC(=O)N2CCc3[nH]nc(-c4ccc5c(c4)OCO5)c3C2)cs1. The fourth-order valence-corrected chi connectivity index (χ4v) is 4.22. The molecule has 4 heterocycles. The minimum absolute atomic E-state index is 0.120. The molecule has 0 atom stereocenters. The van der Waals surface area contributed by atoms with Gasteiger partial charge in [0, 0.05) is 48.1 Å². The molecule has 1 amide bonds. The Labute approximate surface area is 165 Å². The number of amides is 1. The molecular weight excluding hydrogens is 378 g/mol. The van der Waals surface area contributed by atoms with Gasteiger partial charge in [0.05, 0.1) is 11.4 Å². The van der Waals surface area contributed by atoms with Crippen molar-refractivity contribution in [3.8, 4) is 22.8 Å². The number of nitrogen functional groups attached to an aromatic ring is 1. The van der Waals surface area contributed by atoms with Crippen molar-refractivity contribution in [1.29, 1.82) is 0 Å². The molecule has 9 heteroatoms. The summed E-state index contributed by atoms with van der Waals surface area (Å²) in [6.07, 6.45) is 1.80. The molecule has 2 aliphatic heterocycles. The lowest BCUT2D eigenvalue weighted by Gasteiger charge is -2.27. The van der Waals surface area contributed by atoms with E-state index in [1.165, 1.54) is 11.3 Å². The molecule has 0 saturated heterocycles. The molecule has 0 spiro atoms. The monoisotopic (exact) mass is 397 g/mol. The molecule has 0 saturated carbocycles. The highest BCUT2D eigenvalue weighted by atomic mass is 32.1. The first-order chi connectivity index (χ1) is 13.7. The van der Waals surface area contributed by atoms with Crippen LogP contribution in [0.5, 0.6) is 11.5 Å². The number of aryl methyl sites for hydroxylation is 1. The topological polar surface area (TPSA) is 106 Å². The molecule has 2 aromatic heterocycles. The van der Waals surface area contributed by atoms with Crippen LogP contribution in [-0.4, -0.2) is 39.3 Å². The smallest absolute Gasteiger partial charge is 0.231 e. The van der Waals surface area contributed by atoms with Gasteiger partial charge in [0.15, 0.2) is 16.6 Å². The number of carbonyl (C=O) groups is 1. The van der Waals surface area contributed by atoms with Gasteiger partial charge in [0.1, 0.15) is 0 Å². The molecule has 0 unspecified atom stereocenters. The van der Waals surface area contributed by atoms with Crippen LogP contribution in [0.25, 0.3) is 11.3 Å². The zero-order chi connectivity index (χ0) is 19.1. The molecule has 0 fully saturated rings. The highest BCUT2D eigenvalue weighted by Crippen LogP contribution is 2.37. The summed E-state index contributed by atoms with van der Waals surface area (Å²) in [7, 11) is 0. The lowest BCUT2D eigenvalue weighted by Crippen LogP contribution is -2.36. The Morgan fingerprint density at radius 1 is 1.32 bits per heavy atom. The van der Waals surface area contributed by atoms with Crippen molar-refractivity contribution >= 4 is 22.4 Å². The molecule has 8 nitrogen and oxygen atoms in total. The van der Waals surface area contributed by atoms with Gasteiger partial charge >= 0.3 is 0 Å². The summed E-state index contributed by atoms with van der Waals surface area (Å²) in [5, 5.41) is 10.1. The van der Waals surface area contributed by atoms with Gasteiger partial charge in [0.25, 0.3) is 0 Å². The van der Waals surface area contributed by atoms with Crippen LogP contribution in [0.3, 0.4) is 0 Å². The summed E-state index contributed by atoms with van der Waals surface area (Å²) < 4.78 is 10.9. The second-order valence-corrected chi connectivity index (χ2v) is 7.73. The number of nitrogens with zero attached hydrogens (tertiary/aromatic N) is 3. The van der Waals surface area contributed by atoms with E-state index >= 15 is 0 Å². The highest BCUT2D eigenvalue weighted by Gasteiger charge is 2.26. The van der Waals surface area contributed by atoms with Crippen LogP contribution >= 0.6 is 11.3 Å². The lowest BCUT2D eigenvalue weighted by atomic mass is 10.0. The predicted octanol–water partition coefficient (Wildman–Crippen LogP) is 2.36. The summed E-state index contributed by atoms with van der Waals surface area (Å²) in [5.74, 6) is 1.59. The molecule has 3 aromatic rings. The normalized spacial score (nSPS) is 14.9. The van der Waals surface area contributed by atoms with E-state index in [1.807, 2.05) is 28.5 Å². The van der Waals surface area contributed by atoms with Gasteiger partial charge in [-0.05, 0) is 24.6 Å². The summed E-state index contributed by atoms with van der Waals surface area (Å²) in [6, 6.07) is 5.80. The van der Waals surface area contributed by atoms with E-state index in [1.54, 1.807) is 0 Å². The van der Waals surface area contributed by atoms with Gasteiger partial charge in [0.2, 0.25) is 12.7 Å². The van der Waals surface area contributed by atoms with E-state index in [-0.39, 0.29) is 12.7 Å². The first kappa shape index (κ1) is 17.1. The molecular formula is C19H19N5O3S. The number of fused-ring (bicyclic) bond motifs is 2. The highest BCUT2D eigenvalue weighted by molar-refractivity contribution is 7.13. The number of carbonyl (C=O) groups excluding carboxylic acids is 1. The van der Waals surface area contributed by atoms with Gasteiger partial charge in [-0.1, -0.05) is 0 Å². The fraction of sp³-hybridized carbons (Fsp3) is 0.316. The maximum atomic E-state index is 12.7. The summed E-state index contributed by atoms with van der Waals surface area (Å²) in [4.78, 5) is 18.8. The van der Waals surface area contributed by atoms with Crippen LogP contribution in [0.15, 0.2) is 23.6 Å². The number of hydrogen-bond acceptors (Lipinski definition) is 7. The minimum Gasteiger partial charge on any atom is -0.454 e. The van der Waals surface area contributed by atoms with E-state index in [4.69, 9.17) is 15.2 Å². The number of H-pyrrole nitrogens is 1. The molecule has 28 heavy (non-hydrogen) atoms. The van der Waals surface area contributed by atoms with E-state index in [0.29, 0.717) is 31.1 Å². The lowest BCUT2D eigenvalue weighted by molar-refractivity contribution is -0.132. The van der Waals surface area contributed by atoms with Crippen molar-refractivity contribution < 1.29 is 14.3 Å². The average molecular weight is 397 g/mol. The number of ether oxygens (including phenoxy) is 2. The Morgan fingerprint density at radius 2 is 2.21 bits per heavy atom. The first-order valence-corrected chi connectivity index (χ1v) is 9.99. The fourth-order valence-electron chi connectivity index (χ4n) is 3.62. The quantitative estimate of drug-likeness (QED) is 0.700. The number of hydrogen-bond donors (Lipinski definition) is 2. The first-order valence-electron chi connectivity index (χ1n) is 9.11. The minimum atomic E-state index is 0.120. The number of nitrogens with one attached hydrogen (secondary N) is 1. The van der Waals surface area contributed by atoms with E-state index in [2.05, 4.69) is 15.2 Å². The van der Waals surface area contributed by atoms with E-state index in [9.17, 15) is 4.79 Å². The van der Waals surface area contributed by atoms with Crippen molar-refractivity contribution in [3.05, 3.63) is 40.5 Å². The number of aromatic amines is 1.